The Hall–Kier alpha value is -1.63. The summed E-state index contributed by atoms with van der Waals surface area (Å²) in [6.07, 6.45) is -0.823. The van der Waals surface area contributed by atoms with Gasteiger partial charge in [-0.15, -0.1) is 0 Å². The molecule has 0 fully saturated rings. The molecule has 1 unspecified atom stereocenters. The Morgan fingerprint density at radius 2 is 2.16 bits per heavy atom. The lowest BCUT2D eigenvalue weighted by Gasteiger charge is -2.28. The fourth-order valence-corrected chi connectivity index (χ4v) is 2.00. The maximum Gasteiger partial charge on any atom is 0.353 e. The summed E-state index contributed by atoms with van der Waals surface area (Å²) in [5.41, 5.74) is -0.193. The minimum Gasteiger partial charge on any atom is -0.477 e. The molecule has 1 heterocycles. The van der Waals surface area contributed by atoms with Crippen LogP contribution in [0.15, 0.2) is 5.16 Å². The molecule has 108 valence electrons. The van der Waals surface area contributed by atoms with Gasteiger partial charge in [0.1, 0.15) is 0 Å². The van der Waals surface area contributed by atoms with E-state index in [0.717, 1.165) is 6.54 Å². The van der Waals surface area contributed by atoms with Gasteiger partial charge in [0.2, 0.25) is 6.10 Å². The number of carbonyl (C=O) groups excluding carboxylic acids is 1. The first-order valence-electron chi connectivity index (χ1n) is 6.10. The van der Waals surface area contributed by atoms with Crippen molar-refractivity contribution in [2.75, 3.05) is 27.2 Å². The van der Waals surface area contributed by atoms with Crippen molar-refractivity contribution in [3.63, 3.8) is 0 Å². The van der Waals surface area contributed by atoms with Crippen molar-refractivity contribution in [2.24, 2.45) is 10.6 Å². The first-order valence-corrected chi connectivity index (χ1v) is 6.10. The summed E-state index contributed by atoms with van der Waals surface area (Å²) in [6, 6.07) is 0. The Labute approximate surface area is 112 Å². The lowest BCUT2D eigenvalue weighted by Crippen LogP contribution is -2.43. The first-order chi connectivity index (χ1) is 8.71. The summed E-state index contributed by atoms with van der Waals surface area (Å²) in [7, 11) is 3.94. The molecule has 0 aliphatic carbocycles. The number of nitrogens with one attached hydrogen (secondary N) is 1. The number of carbonyl (C=O) groups is 2. The van der Waals surface area contributed by atoms with E-state index in [1.165, 1.54) is 0 Å². The largest absolute Gasteiger partial charge is 0.477 e. The van der Waals surface area contributed by atoms with Crippen LogP contribution in [-0.2, 0) is 14.4 Å². The van der Waals surface area contributed by atoms with Crippen LogP contribution in [0.2, 0.25) is 0 Å². The number of carboxylic acid groups (broad SMARTS) is 1. The van der Waals surface area contributed by atoms with E-state index in [9.17, 15) is 9.59 Å². The van der Waals surface area contributed by atoms with E-state index in [0.29, 0.717) is 6.54 Å². The quantitative estimate of drug-likeness (QED) is 0.705. The van der Waals surface area contributed by atoms with Gasteiger partial charge in [-0.05, 0) is 19.5 Å². The summed E-state index contributed by atoms with van der Waals surface area (Å²) in [5, 5.41) is 14.9. The Morgan fingerprint density at radius 1 is 1.53 bits per heavy atom. The van der Waals surface area contributed by atoms with Gasteiger partial charge in [-0.3, -0.25) is 4.79 Å². The average molecular weight is 271 g/mol. The lowest BCUT2D eigenvalue weighted by atomic mass is 9.93. The van der Waals surface area contributed by atoms with Gasteiger partial charge in [0, 0.05) is 19.5 Å². The van der Waals surface area contributed by atoms with Gasteiger partial charge < -0.3 is 20.2 Å². The number of rotatable bonds is 6. The highest BCUT2D eigenvalue weighted by Crippen LogP contribution is 2.15. The number of nitrogens with zero attached hydrogens (tertiary/aromatic N) is 2. The van der Waals surface area contributed by atoms with E-state index in [-0.39, 0.29) is 23.5 Å². The second-order valence-corrected chi connectivity index (χ2v) is 5.76. The van der Waals surface area contributed by atoms with Gasteiger partial charge in [0.25, 0.3) is 5.91 Å². The molecule has 0 bridgehead atoms. The van der Waals surface area contributed by atoms with Crippen molar-refractivity contribution in [1.82, 2.24) is 10.2 Å². The second-order valence-electron chi connectivity index (χ2n) is 5.76. The van der Waals surface area contributed by atoms with Crippen molar-refractivity contribution in [1.29, 1.82) is 0 Å². The Bertz CT molecular complexity index is 390. The molecule has 0 spiro atoms. The highest BCUT2D eigenvalue weighted by Gasteiger charge is 2.32. The molecule has 1 aliphatic rings. The molecule has 0 aromatic heterocycles. The first kappa shape index (κ1) is 15.4. The van der Waals surface area contributed by atoms with Crippen LogP contribution in [0, 0.1) is 5.41 Å². The van der Waals surface area contributed by atoms with Crippen molar-refractivity contribution < 1.29 is 19.5 Å². The Morgan fingerprint density at radius 3 is 2.63 bits per heavy atom. The molecule has 2 N–H and O–H groups in total. The predicted octanol–water partition coefficient (Wildman–Crippen LogP) is -0.0801. The number of hydrogen-bond acceptors (Lipinski definition) is 5. The van der Waals surface area contributed by atoms with E-state index in [4.69, 9.17) is 9.94 Å². The fraction of sp³-hybridized carbons (Fsp3) is 0.750. The third-order valence-electron chi connectivity index (χ3n) is 2.69. The third kappa shape index (κ3) is 4.86. The summed E-state index contributed by atoms with van der Waals surface area (Å²) < 4.78 is 0. The number of hydrogen-bond donors (Lipinski definition) is 2. The van der Waals surface area contributed by atoms with E-state index in [1.54, 1.807) is 0 Å². The molecule has 7 heteroatoms. The fourth-order valence-electron chi connectivity index (χ4n) is 2.00. The number of aliphatic carboxylic acids is 1. The van der Waals surface area contributed by atoms with Crippen molar-refractivity contribution in [2.45, 2.75) is 26.4 Å². The Kier molecular flexibility index (Phi) is 4.88. The zero-order valence-corrected chi connectivity index (χ0v) is 11.8. The predicted molar refractivity (Wildman–Crippen MR) is 69.9 cm³/mol. The van der Waals surface area contributed by atoms with Gasteiger partial charge >= 0.3 is 5.97 Å². The number of oxime groups is 1. The molecule has 0 aromatic carbocycles. The van der Waals surface area contributed by atoms with Crippen LogP contribution in [0.3, 0.4) is 0 Å². The van der Waals surface area contributed by atoms with Crippen LogP contribution in [-0.4, -0.2) is 60.9 Å². The monoisotopic (exact) mass is 271 g/mol. The molecule has 0 aromatic rings. The molecular weight excluding hydrogens is 250 g/mol. The van der Waals surface area contributed by atoms with Crippen LogP contribution in [0.5, 0.6) is 0 Å². The molecule has 0 saturated heterocycles. The SMILES string of the molecule is CN(C)CC(C)(C)CNC(=O)C1CC(C(=O)O)=NO1. The molecule has 1 rings (SSSR count). The molecular formula is C12H21N3O4. The molecule has 19 heavy (non-hydrogen) atoms. The van der Waals surface area contributed by atoms with E-state index < -0.39 is 12.1 Å². The van der Waals surface area contributed by atoms with Crippen LogP contribution in [0.4, 0.5) is 0 Å². The highest BCUT2D eigenvalue weighted by molar-refractivity contribution is 6.36. The lowest BCUT2D eigenvalue weighted by molar-refractivity contribution is -0.131. The molecule has 0 saturated carbocycles. The van der Waals surface area contributed by atoms with Crippen LogP contribution in [0.1, 0.15) is 20.3 Å². The highest BCUT2D eigenvalue weighted by atomic mass is 16.6. The minimum atomic E-state index is -1.15. The summed E-state index contributed by atoms with van der Waals surface area (Å²) in [6.45, 7) is 5.41. The maximum atomic E-state index is 11.8. The molecule has 0 radical (unpaired) electrons. The molecule has 1 amide bonds. The number of carboxylic acids is 1. The third-order valence-corrected chi connectivity index (χ3v) is 2.69. The summed E-state index contributed by atoms with van der Waals surface area (Å²) >= 11 is 0. The minimum absolute atomic E-state index is 0.00920. The normalized spacial score (nSPS) is 19.0. The topological polar surface area (TPSA) is 91.2 Å². The van der Waals surface area contributed by atoms with Crippen molar-refractivity contribution in [3.8, 4) is 0 Å². The average Bonchev–Trinajstić information content (AvgIpc) is 2.73. The maximum absolute atomic E-state index is 11.8. The molecule has 7 nitrogen and oxygen atoms in total. The van der Waals surface area contributed by atoms with Gasteiger partial charge in [-0.25, -0.2) is 4.79 Å². The van der Waals surface area contributed by atoms with Gasteiger partial charge in [0.05, 0.1) is 0 Å². The Balaban J connectivity index is 2.39. The van der Waals surface area contributed by atoms with Gasteiger partial charge in [-0.2, -0.15) is 0 Å². The summed E-state index contributed by atoms with van der Waals surface area (Å²) in [4.78, 5) is 29.4. The van der Waals surface area contributed by atoms with Crippen LogP contribution < -0.4 is 5.32 Å². The zero-order valence-electron chi connectivity index (χ0n) is 11.8. The van der Waals surface area contributed by atoms with E-state index in [1.807, 2.05) is 32.8 Å². The second kappa shape index (κ2) is 6.01. The zero-order chi connectivity index (χ0) is 14.6. The standard InChI is InChI=1S/C12H21N3O4/c1-12(2,7-15(3)4)6-13-10(16)9-5-8(11(17)18)14-19-9/h9H,5-7H2,1-4H3,(H,13,16)(H,17,18). The van der Waals surface area contributed by atoms with Crippen molar-refractivity contribution >= 4 is 17.6 Å². The van der Waals surface area contributed by atoms with Crippen LogP contribution in [0.25, 0.3) is 0 Å². The van der Waals surface area contributed by atoms with E-state index in [2.05, 4.69) is 10.5 Å². The smallest absolute Gasteiger partial charge is 0.353 e. The van der Waals surface area contributed by atoms with Gasteiger partial charge in [0.15, 0.2) is 5.71 Å². The van der Waals surface area contributed by atoms with Gasteiger partial charge in [-0.1, -0.05) is 19.0 Å². The summed E-state index contributed by atoms with van der Waals surface area (Å²) in [5.74, 6) is -1.48. The van der Waals surface area contributed by atoms with Crippen LogP contribution >= 0.6 is 0 Å². The molecule has 1 aliphatic heterocycles. The van der Waals surface area contributed by atoms with E-state index >= 15 is 0 Å². The van der Waals surface area contributed by atoms with Crippen molar-refractivity contribution in [3.05, 3.63) is 0 Å². The molecule has 1 atom stereocenters. The number of amides is 1.